The average Bonchev–Trinajstić information content (AvgIpc) is 3.10. The lowest BCUT2D eigenvalue weighted by Crippen LogP contribution is -2.36. The Labute approximate surface area is 120 Å². The molecule has 2 aromatic rings. The summed E-state index contributed by atoms with van der Waals surface area (Å²) in [4.78, 5) is 12.0. The molecule has 0 saturated carbocycles. The van der Waals surface area contributed by atoms with Gasteiger partial charge in [-0.2, -0.15) is 0 Å². The summed E-state index contributed by atoms with van der Waals surface area (Å²) in [6, 6.07) is 8.90. The molecule has 3 rings (SSSR count). The number of carbonyl (C=O) groups is 1. The predicted octanol–water partition coefficient (Wildman–Crippen LogP) is 2.59. The van der Waals surface area contributed by atoms with Crippen LogP contribution >= 0.6 is 11.6 Å². The molecule has 104 valence electrons. The van der Waals surface area contributed by atoms with Gasteiger partial charge in [-0.05, 0) is 24.1 Å². The Bertz CT molecular complexity index is 583. The van der Waals surface area contributed by atoms with Crippen LogP contribution in [0.3, 0.4) is 0 Å². The molecule has 1 aromatic heterocycles. The lowest BCUT2D eigenvalue weighted by atomic mass is 10.0. The second kappa shape index (κ2) is 5.64. The molecule has 2 atom stereocenters. The van der Waals surface area contributed by atoms with Crippen molar-refractivity contribution in [1.29, 1.82) is 0 Å². The molecule has 0 aliphatic carbocycles. The number of hydrogen-bond acceptors (Lipinski definition) is 4. The van der Waals surface area contributed by atoms with E-state index in [1.54, 1.807) is 0 Å². The van der Waals surface area contributed by atoms with E-state index >= 15 is 0 Å². The minimum Gasteiger partial charge on any atom is -0.371 e. The quantitative estimate of drug-likeness (QED) is 0.944. The molecule has 1 aliphatic heterocycles. The summed E-state index contributed by atoms with van der Waals surface area (Å²) in [6.45, 7) is 0.608. The van der Waals surface area contributed by atoms with Crippen molar-refractivity contribution in [3.8, 4) is 0 Å². The van der Waals surface area contributed by atoms with Gasteiger partial charge in [0.05, 0.1) is 6.04 Å². The normalized spacial score (nSPS) is 21.9. The molecule has 1 amide bonds. The van der Waals surface area contributed by atoms with Gasteiger partial charge in [-0.25, -0.2) is 0 Å². The van der Waals surface area contributed by atoms with Crippen molar-refractivity contribution in [2.75, 3.05) is 6.61 Å². The van der Waals surface area contributed by atoms with E-state index in [1.807, 2.05) is 24.3 Å². The fourth-order valence-corrected chi connectivity index (χ4v) is 2.42. The summed E-state index contributed by atoms with van der Waals surface area (Å²) in [7, 11) is 0. The van der Waals surface area contributed by atoms with E-state index in [0.29, 0.717) is 11.6 Å². The maximum absolute atomic E-state index is 12.0. The maximum atomic E-state index is 12.0. The fraction of sp³-hybridized carbons (Fsp3) is 0.286. The Morgan fingerprint density at radius 2 is 2.10 bits per heavy atom. The standard InChI is InChI=1S/C14H13ClN2O3/c15-10-3-1-9(2-4-10)13-11(5-7-19-13)16-14(18)12-6-8-20-17-12/h1-4,6,8,11,13H,5,7H2,(H,16,18)/t11-,13-/m1/s1. The zero-order valence-corrected chi connectivity index (χ0v) is 11.3. The van der Waals surface area contributed by atoms with Crippen LogP contribution in [0, 0.1) is 0 Å². The van der Waals surface area contributed by atoms with Gasteiger partial charge in [0.25, 0.3) is 5.91 Å². The number of rotatable bonds is 3. The fourth-order valence-electron chi connectivity index (χ4n) is 2.29. The summed E-state index contributed by atoms with van der Waals surface area (Å²) in [5.74, 6) is -0.256. The van der Waals surface area contributed by atoms with E-state index in [2.05, 4.69) is 15.0 Å². The predicted molar refractivity (Wildman–Crippen MR) is 72.5 cm³/mol. The van der Waals surface area contributed by atoms with Gasteiger partial charge in [0.2, 0.25) is 0 Å². The smallest absolute Gasteiger partial charge is 0.273 e. The minimum atomic E-state index is -0.256. The number of carbonyl (C=O) groups excluding carboxylic acids is 1. The van der Waals surface area contributed by atoms with Gasteiger partial charge in [-0.15, -0.1) is 0 Å². The zero-order valence-electron chi connectivity index (χ0n) is 10.6. The van der Waals surface area contributed by atoms with Gasteiger partial charge >= 0.3 is 0 Å². The van der Waals surface area contributed by atoms with Crippen LogP contribution in [-0.2, 0) is 4.74 Å². The maximum Gasteiger partial charge on any atom is 0.273 e. The molecule has 0 radical (unpaired) electrons. The molecular formula is C14H13ClN2O3. The molecule has 1 aliphatic rings. The number of halogens is 1. The number of aromatic nitrogens is 1. The van der Waals surface area contributed by atoms with Crippen LogP contribution in [0.1, 0.15) is 28.6 Å². The highest BCUT2D eigenvalue weighted by Crippen LogP contribution is 2.30. The molecule has 20 heavy (non-hydrogen) atoms. The summed E-state index contributed by atoms with van der Waals surface area (Å²) in [6.07, 6.45) is 1.97. The Kier molecular flexibility index (Phi) is 3.71. The molecule has 1 N–H and O–H groups in total. The van der Waals surface area contributed by atoms with E-state index in [9.17, 15) is 4.79 Å². The first-order chi connectivity index (χ1) is 9.74. The third kappa shape index (κ3) is 2.69. The molecule has 5 nitrogen and oxygen atoms in total. The Balaban J connectivity index is 1.72. The van der Waals surface area contributed by atoms with Crippen LogP contribution in [0.25, 0.3) is 0 Å². The van der Waals surface area contributed by atoms with Gasteiger partial charge in [-0.1, -0.05) is 28.9 Å². The van der Waals surface area contributed by atoms with Crippen LogP contribution in [0.4, 0.5) is 0 Å². The van der Waals surface area contributed by atoms with Gasteiger partial charge < -0.3 is 14.6 Å². The number of nitrogens with zero attached hydrogens (tertiary/aromatic N) is 1. The van der Waals surface area contributed by atoms with E-state index in [4.69, 9.17) is 16.3 Å². The lowest BCUT2D eigenvalue weighted by Gasteiger charge is -2.19. The number of hydrogen-bond donors (Lipinski definition) is 1. The highest BCUT2D eigenvalue weighted by atomic mass is 35.5. The molecule has 2 heterocycles. The molecule has 0 unspecified atom stereocenters. The first-order valence-electron chi connectivity index (χ1n) is 6.32. The SMILES string of the molecule is O=C(N[C@@H]1CCO[C@@H]1c1ccc(Cl)cc1)c1ccon1. The van der Waals surface area contributed by atoms with Gasteiger partial charge in [-0.3, -0.25) is 4.79 Å². The summed E-state index contributed by atoms with van der Waals surface area (Å²) < 4.78 is 10.4. The summed E-state index contributed by atoms with van der Waals surface area (Å²) >= 11 is 5.88. The number of ether oxygens (including phenoxy) is 1. The third-order valence-corrected chi connectivity index (χ3v) is 3.53. The Morgan fingerprint density at radius 1 is 1.30 bits per heavy atom. The van der Waals surface area contributed by atoms with Crippen LogP contribution in [0.15, 0.2) is 41.1 Å². The zero-order chi connectivity index (χ0) is 13.9. The minimum absolute atomic E-state index is 0.0830. The van der Waals surface area contributed by atoms with E-state index < -0.39 is 0 Å². The van der Waals surface area contributed by atoms with E-state index in [-0.39, 0.29) is 23.7 Å². The topological polar surface area (TPSA) is 64.4 Å². The van der Waals surface area contributed by atoms with Crippen molar-refractivity contribution < 1.29 is 14.1 Å². The van der Waals surface area contributed by atoms with E-state index in [0.717, 1.165) is 12.0 Å². The highest BCUT2D eigenvalue weighted by Gasteiger charge is 2.31. The van der Waals surface area contributed by atoms with Gasteiger partial charge in [0.1, 0.15) is 12.4 Å². The Hall–Kier alpha value is -1.85. The molecule has 0 bridgehead atoms. The van der Waals surface area contributed by atoms with Crippen LogP contribution in [-0.4, -0.2) is 23.7 Å². The second-order valence-corrected chi connectivity index (χ2v) is 5.03. The van der Waals surface area contributed by atoms with Crippen LogP contribution < -0.4 is 5.32 Å². The van der Waals surface area contributed by atoms with Crippen molar-refractivity contribution in [2.24, 2.45) is 0 Å². The van der Waals surface area contributed by atoms with Crippen LogP contribution in [0.5, 0.6) is 0 Å². The van der Waals surface area contributed by atoms with E-state index in [1.165, 1.54) is 12.3 Å². The summed E-state index contributed by atoms with van der Waals surface area (Å²) in [5.41, 5.74) is 1.27. The highest BCUT2D eigenvalue weighted by molar-refractivity contribution is 6.30. The van der Waals surface area contributed by atoms with Crippen molar-refractivity contribution in [3.05, 3.63) is 52.9 Å². The monoisotopic (exact) mass is 292 g/mol. The van der Waals surface area contributed by atoms with Gasteiger partial charge in [0.15, 0.2) is 5.69 Å². The van der Waals surface area contributed by atoms with Crippen LogP contribution in [0.2, 0.25) is 5.02 Å². The molecule has 1 fully saturated rings. The number of amides is 1. The first kappa shape index (κ1) is 13.1. The van der Waals surface area contributed by atoms with Crippen molar-refractivity contribution in [2.45, 2.75) is 18.6 Å². The third-order valence-electron chi connectivity index (χ3n) is 3.28. The molecule has 1 saturated heterocycles. The van der Waals surface area contributed by atoms with Crippen molar-refractivity contribution in [3.63, 3.8) is 0 Å². The number of benzene rings is 1. The lowest BCUT2D eigenvalue weighted by molar-refractivity contribution is 0.0815. The Morgan fingerprint density at radius 3 is 2.80 bits per heavy atom. The summed E-state index contributed by atoms with van der Waals surface area (Å²) in [5, 5.41) is 7.22. The largest absolute Gasteiger partial charge is 0.371 e. The van der Waals surface area contributed by atoms with Gasteiger partial charge in [0, 0.05) is 17.7 Å². The van der Waals surface area contributed by atoms with Crippen molar-refractivity contribution in [1.82, 2.24) is 10.5 Å². The molecule has 1 aromatic carbocycles. The van der Waals surface area contributed by atoms with Crippen molar-refractivity contribution >= 4 is 17.5 Å². The number of nitrogens with one attached hydrogen (secondary N) is 1. The molecule has 6 heteroatoms. The first-order valence-corrected chi connectivity index (χ1v) is 6.70. The second-order valence-electron chi connectivity index (χ2n) is 4.60. The average molecular weight is 293 g/mol. The molecule has 0 spiro atoms. The molecular weight excluding hydrogens is 280 g/mol.